The van der Waals surface area contributed by atoms with Gasteiger partial charge in [0, 0.05) is 36.8 Å². The first-order valence-electron chi connectivity index (χ1n) is 7.27. The minimum absolute atomic E-state index is 0.0416. The number of benzene rings is 1. The lowest BCUT2D eigenvalue weighted by Crippen LogP contribution is -2.33. The average Bonchev–Trinajstić information content (AvgIpc) is 3.01. The topological polar surface area (TPSA) is 89.5 Å². The molecule has 21 heavy (non-hydrogen) atoms. The summed E-state index contributed by atoms with van der Waals surface area (Å²) >= 11 is 0. The van der Waals surface area contributed by atoms with Gasteiger partial charge < -0.3 is 10.6 Å². The van der Waals surface area contributed by atoms with Crippen molar-refractivity contribution < 1.29 is 9.72 Å². The predicted molar refractivity (Wildman–Crippen MR) is 77.9 cm³/mol. The van der Waals surface area contributed by atoms with Gasteiger partial charge in [0.25, 0.3) is 11.6 Å². The summed E-state index contributed by atoms with van der Waals surface area (Å²) in [7, 11) is 0. The van der Waals surface area contributed by atoms with Crippen molar-refractivity contribution in [1.82, 2.24) is 4.90 Å². The summed E-state index contributed by atoms with van der Waals surface area (Å²) in [4.78, 5) is 24.9. The fourth-order valence-electron chi connectivity index (χ4n) is 3.60. The molecule has 6 heteroatoms. The van der Waals surface area contributed by atoms with Gasteiger partial charge in [-0.2, -0.15) is 0 Å². The molecular formula is C15H19N3O3. The Bertz CT molecular complexity index is 602. The summed E-state index contributed by atoms with van der Waals surface area (Å²) in [5.41, 5.74) is 7.24. The van der Waals surface area contributed by atoms with E-state index in [1.165, 1.54) is 12.1 Å². The van der Waals surface area contributed by atoms with Crippen LogP contribution in [0.25, 0.3) is 0 Å². The number of carbonyl (C=O) groups is 1. The first-order chi connectivity index (χ1) is 9.97. The minimum Gasteiger partial charge on any atom is -0.338 e. The largest absolute Gasteiger partial charge is 0.338 e. The first-order valence-corrected chi connectivity index (χ1v) is 7.27. The Morgan fingerprint density at radius 1 is 1.38 bits per heavy atom. The summed E-state index contributed by atoms with van der Waals surface area (Å²) in [6.07, 6.45) is 2.11. The molecule has 0 radical (unpaired) electrons. The molecule has 1 aliphatic carbocycles. The highest BCUT2D eigenvalue weighted by Gasteiger charge is 2.42. The van der Waals surface area contributed by atoms with Crippen LogP contribution in [0, 0.1) is 28.9 Å². The molecule has 0 bridgehead atoms. The van der Waals surface area contributed by atoms with Gasteiger partial charge in [-0.05, 0) is 37.2 Å². The summed E-state index contributed by atoms with van der Waals surface area (Å²) in [5, 5.41) is 10.9. The Morgan fingerprint density at radius 2 is 2.14 bits per heavy atom. The quantitative estimate of drug-likeness (QED) is 0.663. The maximum absolute atomic E-state index is 12.6. The van der Waals surface area contributed by atoms with E-state index in [0.29, 0.717) is 23.9 Å². The third-order valence-electron chi connectivity index (χ3n) is 4.86. The third kappa shape index (κ3) is 2.40. The maximum Gasteiger partial charge on any atom is 0.270 e. The molecule has 2 aliphatic rings. The third-order valence-corrected chi connectivity index (χ3v) is 4.86. The number of non-ortho nitro benzene ring substituents is 1. The number of amides is 1. The average molecular weight is 289 g/mol. The minimum atomic E-state index is -0.467. The second-order valence-electron chi connectivity index (χ2n) is 6.13. The van der Waals surface area contributed by atoms with Crippen LogP contribution in [0.1, 0.15) is 28.8 Å². The Morgan fingerprint density at radius 3 is 2.81 bits per heavy atom. The van der Waals surface area contributed by atoms with Crippen molar-refractivity contribution in [2.75, 3.05) is 13.1 Å². The van der Waals surface area contributed by atoms with Crippen molar-refractivity contribution >= 4 is 11.6 Å². The maximum atomic E-state index is 12.6. The predicted octanol–water partition coefficient (Wildman–Crippen LogP) is 1.71. The van der Waals surface area contributed by atoms with Crippen molar-refractivity contribution in [3.05, 3.63) is 39.4 Å². The Hall–Kier alpha value is -1.95. The first kappa shape index (κ1) is 14.0. The SMILES string of the molecule is Cc1ccc([N+](=O)[O-])cc1C(=O)N1CC2CCC(N)C2C1. The molecule has 1 aliphatic heterocycles. The molecule has 3 atom stereocenters. The lowest BCUT2D eigenvalue weighted by molar-refractivity contribution is -0.384. The molecular weight excluding hydrogens is 270 g/mol. The van der Waals surface area contributed by atoms with Crippen molar-refractivity contribution in [3.8, 4) is 0 Å². The van der Waals surface area contributed by atoms with Crippen LogP contribution in [-0.2, 0) is 0 Å². The zero-order chi connectivity index (χ0) is 15.1. The van der Waals surface area contributed by atoms with Gasteiger partial charge in [0.05, 0.1) is 4.92 Å². The van der Waals surface area contributed by atoms with Gasteiger partial charge in [-0.25, -0.2) is 0 Å². The second kappa shape index (κ2) is 5.11. The number of nitrogens with two attached hydrogens (primary N) is 1. The number of fused-ring (bicyclic) bond motifs is 1. The molecule has 0 aromatic heterocycles. The highest BCUT2D eigenvalue weighted by molar-refractivity contribution is 5.96. The fourth-order valence-corrected chi connectivity index (χ4v) is 3.60. The molecule has 3 rings (SSSR count). The van der Waals surface area contributed by atoms with E-state index >= 15 is 0 Å². The Balaban J connectivity index is 1.83. The second-order valence-corrected chi connectivity index (χ2v) is 6.13. The molecule has 6 nitrogen and oxygen atoms in total. The lowest BCUT2D eigenvalue weighted by Gasteiger charge is -2.19. The van der Waals surface area contributed by atoms with E-state index in [-0.39, 0.29) is 17.6 Å². The molecule has 0 spiro atoms. The monoisotopic (exact) mass is 289 g/mol. The van der Waals surface area contributed by atoms with Crippen LogP contribution in [0.3, 0.4) is 0 Å². The van der Waals surface area contributed by atoms with Crippen LogP contribution in [-0.4, -0.2) is 34.9 Å². The van der Waals surface area contributed by atoms with Crippen LogP contribution in [0.2, 0.25) is 0 Å². The van der Waals surface area contributed by atoms with Crippen LogP contribution in [0.4, 0.5) is 5.69 Å². The molecule has 1 heterocycles. The van der Waals surface area contributed by atoms with Crippen molar-refractivity contribution in [1.29, 1.82) is 0 Å². The van der Waals surface area contributed by atoms with Gasteiger partial charge >= 0.3 is 0 Å². The van der Waals surface area contributed by atoms with E-state index in [9.17, 15) is 14.9 Å². The Labute approximate surface area is 123 Å². The molecule has 2 N–H and O–H groups in total. The summed E-state index contributed by atoms with van der Waals surface area (Å²) in [6, 6.07) is 4.62. The summed E-state index contributed by atoms with van der Waals surface area (Å²) < 4.78 is 0. The molecule has 1 saturated carbocycles. The zero-order valence-corrected chi connectivity index (χ0v) is 12.0. The lowest BCUT2D eigenvalue weighted by atomic mass is 9.98. The standard InChI is InChI=1S/C15H19N3O3/c1-9-2-4-11(18(20)21)6-12(9)15(19)17-7-10-3-5-14(16)13(10)8-17/h2,4,6,10,13-14H,3,5,7-8,16H2,1H3. The molecule has 112 valence electrons. The van der Waals surface area contributed by atoms with Gasteiger partial charge in [-0.1, -0.05) is 6.07 Å². The number of carbonyl (C=O) groups excluding carboxylic acids is 1. The highest BCUT2D eigenvalue weighted by atomic mass is 16.6. The summed E-state index contributed by atoms with van der Waals surface area (Å²) in [6.45, 7) is 3.20. The van der Waals surface area contributed by atoms with Gasteiger partial charge in [-0.15, -0.1) is 0 Å². The Kier molecular flexibility index (Phi) is 3.41. The number of hydrogen-bond donors (Lipinski definition) is 1. The van der Waals surface area contributed by atoms with E-state index in [4.69, 9.17) is 5.73 Å². The highest BCUT2D eigenvalue weighted by Crippen LogP contribution is 2.37. The smallest absolute Gasteiger partial charge is 0.270 e. The number of hydrogen-bond acceptors (Lipinski definition) is 4. The molecule has 1 aromatic carbocycles. The van der Waals surface area contributed by atoms with Crippen molar-refractivity contribution in [2.45, 2.75) is 25.8 Å². The van der Waals surface area contributed by atoms with E-state index in [1.807, 2.05) is 0 Å². The van der Waals surface area contributed by atoms with Gasteiger partial charge in [-0.3, -0.25) is 14.9 Å². The molecule has 3 unspecified atom stereocenters. The molecule has 1 saturated heterocycles. The number of nitrogens with zero attached hydrogens (tertiary/aromatic N) is 2. The van der Waals surface area contributed by atoms with Crippen LogP contribution in [0.15, 0.2) is 18.2 Å². The number of rotatable bonds is 2. The molecule has 1 aromatic rings. The van der Waals surface area contributed by atoms with Crippen molar-refractivity contribution in [3.63, 3.8) is 0 Å². The number of aryl methyl sites for hydroxylation is 1. The van der Waals surface area contributed by atoms with E-state index in [1.54, 1.807) is 17.9 Å². The van der Waals surface area contributed by atoms with Crippen molar-refractivity contribution in [2.24, 2.45) is 17.6 Å². The normalized spacial score (nSPS) is 27.7. The van der Waals surface area contributed by atoms with Crippen LogP contribution in [0.5, 0.6) is 0 Å². The number of nitro benzene ring substituents is 1. The van der Waals surface area contributed by atoms with Crippen LogP contribution >= 0.6 is 0 Å². The number of nitro groups is 1. The van der Waals surface area contributed by atoms with E-state index in [0.717, 1.165) is 24.9 Å². The van der Waals surface area contributed by atoms with Gasteiger partial charge in [0.1, 0.15) is 0 Å². The molecule has 2 fully saturated rings. The zero-order valence-electron chi connectivity index (χ0n) is 12.0. The fraction of sp³-hybridized carbons (Fsp3) is 0.533. The van der Waals surface area contributed by atoms with E-state index in [2.05, 4.69) is 0 Å². The molecule has 1 amide bonds. The van der Waals surface area contributed by atoms with E-state index < -0.39 is 4.92 Å². The van der Waals surface area contributed by atoms with Gasteiger partial charge in [0.2, 0.25) is 0 Å². The van der Waals surface area contributed by atoms with Crippen LogP contribution < -0.4 is 5.73 Å². The van der Waals surface area contributed by atoms with Gasteiger partial charge in [0.15, 0.2) is 0 Å². The summed E-state index contributed by atoms with van der Waals surface area (Å²) in [5.74, 6) is 0.758. The number of likely N-dealkylation sites (tertiary alicyclic amines) is 1.